The van der Waals surface area contributed by atoms with Gasteiger partial charge in [-0.15, -0.1) is 11.3 Å². The van der Waals surface area contributed by atoms with Crippen LogP contribution in [0.5, 0.6) is 0 Å². The molecule has 0 aliphatic carbocycles. The molecule has 0 radical (unpaired) electrons. The molecule has 3 rings (SSSR count). The number of likely N-dealkylation sites (tertiary alicyclic amines) is 1. The van der Waals surface area contributed by atoms with E-state index in [1.165, 1.54) is 16.7 Å². The van der Waals surface area contributed by atoms with Crippen molar-refractivity contribution in [1.29, 1.82) is 0 Å². The SMILES string of the molecule is COC(=O)NC(=O)[C@H](C)[NH+]1CCC[C@H](c2nc3ccccc3s2)C1. The number of hydrogen-bond donors (Lipinski definition) is 2. The van der Waals surface area contributed by atoms with Gasteiger partial charge in [-0.2, -0.15) is 0 Å². The van der Waals surface area contributed by atoms with E-state index < -0.39 is 6.09 Å². The van der Waals surface area contributed by atoms with Crippen LogP contribution in [0, 0.1) is 0 Å². The zero-order valence-corrected chi connectivity index (χ0v) is 14.7. The third-order valence-electron chi connectivity index (χ3n) is 4.64. The van der Waals surface area contributed by atoms with Crippen LogP contribution in [-0.4, -0.2) is 43.2 Å². The van der Waals surface area contributed by atoms with Crippen molar-refractivity contribution in [2.24, 2.45) is 0 Å². The number of nitrogens with one attached hydrogen (secondary N) is 2. The van der Waals surface area contributed by atoms with Gasteiger partial charge in [-0.05, 0) is 31.9 Å². The Kier molecular flexibility index (Phi) is 5.11. The van der Waals surface area contributed by atoms with E-state index >= 15 is 0 Å². The molecule has 1 aromatic heterocycles. The highest BCUT2D eigenvalue weighted by Gasteiger charge is 2.33. The van der Waals surface area contributed by atoms with Crippen LogP contribution < -0.4 is 10.2 Å². The molecule has 24 heavy (non-hydrogen) atoms. The van der Waals surface area contributed by atoms with Crippen molar-refractivity contribution in [2.45, 2.75) is 31.7 Å². The largest absolute Gasteiger partial charge is 0.453 e. The molecule has 1 unspecified atom stereocenters. The standard InChI is InChI=1S/C17H21N3O3S/c1-11(15(21)19-17(22)23-2)20-9-5-6-12(10-20)16-18-13-7-3-4-8-14(13)24-16/h3-4,7-8,11-12H,5-6,9-10H2,1-2H3,(H,19,21,22)/p+1/t11-,12-/m0/s1. The summed E-state index contributed by atoms with van der Waals surface area (Å²) >= 11 is 1.74. The molecule has 2 aromatic rings. The maximum Gasteiger partial charge on any atom is 0.413 e. The summed E-state index contributed by atoms with van der Waals surface area (Å²) in [5.41, 5.74) is 1.04. The van der Waals surface area contributed by atoms with Crippen LogP contribution in [0.25, 0.3) is 10.2 Å². The monoisotopic (exact) mass is 348 g/mol. The topological polar surface area (TPSA) is 72.7 Å². The third-order valence-corrected chi connectivity index (χ3v) is 5.83. The number of alkyl carbamates (subject to hydrolysis) is 1. The molecule has 7 heteroatoms. The lowest BCUT2D eigenvalue weighted by Gasteiger charge is -2.32. The molecule has 3 atom stereocenters. The van der Waals surface area contributed by atoms with Crippen LogP contribution >= 0.6 is 11.3 Å². The lowest BCUT2D eigenvalue weighted by atomic mass is 9.97. The minimum Gasteiger partial charge on any atom is -0.453 e. The zero-order chi connectivity index (χ0) is 17.1. The summed E-state index contributed by atoms with van der Waals surface area (Å²) in [4.78, 5) is 29.3. The summed E-state index contributed by atoms with van der Waals surface area (Å²) < 4.78 is 5.70. The van der Waals surface area contributed by atoms with E-state index in [-0.39, 0.29) is 11.9 Å². The number of amides is 2. The van der Waals surface area contributed by atoms with E-state index in [4.69, 9.17) is 4.98 Å². The number of quaternary nitrogens is 1. The molecule has 1 fully saturated rings. The number of piperidine rings is 1. The van der Waals surface area contributed by atoms with Crippen LogP contribution in [0.2, 0.25) is 0 Å². The third kappa shape index (κ3) is 3.57. The molecular formula is C17H22N3O3S+. The van der Waals surface area contributed by atoms with E-state index in [9.17, 15) is 9.59 Å². The van der Waals surface area contributed by atoms with E-state index in [1.807, 2.05) is 25.1 Å². The van der Waals surface area contributed by atoms with E-state index in [0.29, 0.717) is 5.92 Å². The number of aromatic nitrogens is 1. The molecular weight excluding hydrogens is 326 g/mol. The average molecular weight is 348 g/mol. The second kappa shape index (κ2) is 7.27. The molecule has 1 saturated heterocycles. The molecule has 2 N–H and O–H groups in total. The fourth-order valence-corrected chi connectivity index (χ4v) is 4.31. The van der Waals surface area contributed by atoms with Crippen molar-refractivity contribution in [1.82, 2.24) is 10.3 Å². The van der Waals surface area contributed by atoms with E-state index in [2.05, 4.69) is 16.1 Å². The second-order valence-electron chi connectivity index (χ2n) is 6.17. The number of para-hydroxylation sites is 1. The first-order valence-electron chi connectivity index (χ1n) is 8.17. The van der Waals surface area contributed by atoms with Gasteiger partial charge < -0.3 is 9.64 Å². The highest BCUT2D eigenvalue weighted by atomic mass is 32.1. The summed E-state index contributed by atoms with van der Waals surface area (Å²) in [6, 6.07) is 7.87. The van der Waals surface area contributed by atoms with Crippen molar-refractivity contribution in [3.63, 3.8) is 0 Å². The predicted molar refractivity (Wildman–Crippen MR) is 92.3 cm³/mol. The van der Waals surface area contributed by atoms with Crippen LogP contribution in [0.4, 0.5) is 4.79 Å². The molecule has 1 aromatic carbocycles. The number of ether oxygens (including phenoxy) is 1. The van der Waals surface area contributed by atoms with Crippen LogP contribution in [0.1, 0.15) is 30.7 Å². The van der Waals surface area contributed by atoms with Crippen LogP contribution in [0.3, 0.4) is 0 Å². The fourth-order valence-electron chi connectivity index (χ4n) is 3.21. The van der Waals surface area contributed by atoms with Gasteiger partial charge in [0, 0.05) is 0 Å². The average Bonchev–Trinajstić information content (AvgIpc) is 3.05. The molecule has 0 bridgehead atoms. The number of hydrogen-bond acceptors (Lipinski definition) is 5. The first-order chi connectivity index (χ1) is 11.6. The van der Waals surface area contributed by atoms with Crippen molar-refractivity contribution >= 4 is 33.6 Å². The number of nitrogens with zero attached hydrogens (tertiary/aromatic N) is 1. The number of fused-ring (bicyclic) bond motifs is 1. The first-order valence-corrected chi connectivity index (χ1v) is 8.99. The van der Waals surface area contributed by atoms with Gasteiger partial charge in [0.25, 0.3) is 5.91 Å². The first kappa shape index (κ1) is 16.9. The maximum atomic E-state index is 12.1. The lowest BCUT2D eigenvalue weighted by molar-refractivity contribution is -0.920. The summed E-state index contributed by atoms with van der Waals surface area (Å²) in [5, 5.41) is 3.42. The normalized spacial score (nSPS) is 22.1. The van der Waals surface area contributed by atoms with Gasteiger partial charge in [-0.1, -0.05) is 12.1 Å². The van der Waals surface area contributed by atoms with Gasteiger partial charge in [0.1, 0.15) is 5.01 Å². The zero-order valence-electron chi connectivity index (χ0n) is 13.9. The molecule has 1 aliphatic heterocycles. The molecule has 0 saturated carbocycles. The quantitative estimate of drug-likeness (QED) is 0.878. The molecule has 128 valence electrons. The highest BCUT2D eigenvalue weighted by molar-refractivity contribution is 7.18. The smallest absolute Gasteiger partial charge is 0.413 e. The highest BCUT2D eigenvalue weighted by Crippen LogP contribution is 2.30. The minimum atomic E-state index is -0.703. The second-order valence-corrected chi connectivity index (χ2v) is 7.24. The molecule has 2 amide bonds. The lowest BCUT2D eigenvalue weighted by Crippen LogP contribution is -3.18. The summed E-state index contributed by atoms with van der Waals surface area (Å²) in [5.74, 6) is 0.0707. The van der Waals surface area contributed by atoms with Crippen molar-refractivity contribution < 1.29 is 19.2 Å². The molecule has 1 aliphatic rings. The fraction of sp³-hybridized carbons (Fsp3) is 0.471. The Morgan fingerprint density at radius 1 is 1.42 bits per heavy atom. The number of carbonyl (C=O) groups excluding carboxylic acids is 2. The summed E-state index contributed by atoms with van der Waals surface area (Å²) in [6.45, 7) is 3.64. The Labute approximate surface area is 144 Å². The number of benzene rings is 1. The van der Waals surface area contributed by atoms with Gasteiger partial charge in [0.15, 0.2) is 6.04 Å². The Morgan fingerprint density at radius 2 is 2.21 bits per heavy atom. The van der Waals surface area contributed by atoms with Crippen molar-refractivity contribution in [3.05, 3.63) is 29.3 Å². The Balaban J connectivity index is 1.69. The van der Waals surface area contributed by atoms with Crippen LogP contribution in [0.15, 0.2) is 24.3 Å². The Morgan fingerprint density at radius 3 is 2.96 bits per heavy atom. The number of carbonyl (C=O) groups is 2. The minimum absolute atomic E-state index is 0.290. The predicted octanol–water partition coefficient (Wildman–Crippen LogP) is 1.33. The van der Waals surface area contributed by atoms with Crippen LogP contribution in [-0.2, 0) is 9.53 Å². The van der Waals surface area contributed by atoms with Crippen molar-refractivity contribution in [2.75, 3.05) is 20.2 Å². The van der Waals surface area contributed by atoms with E-state index in [0.717, 1.165) is 36.5 Å². The van der Waals surface area contributed by atoms with E-state index in [1.54, 1.807) is 11.3 Å². The van der Waals surface area contributed by atoms with Gasteiger partial charge in [-0.3, -0.25) is 10.1 Å². The Bertz CT molecular complexity index is 713. The van der Waals surface area contributed by atoms with Gasteiger partial charge in [0.2, 0.25) is 0 Å². The summed E-state index contributed by atoms with van der Waals surface area (Å²) in [6.07, 6.45) is 1.44. The van der Waals surface area contributed by atoms with Gasteiger partial charge in [0.05, 0.1) is 36.3 Å². The number of imide groups is 1. The number of rotatable bonds is 3. The Hall–Kier alpha value is -1.99. The summed E-state index contributed by atoms with van der Waals surface area (Å²) in [7, 11) is 1.25. The van der Waals surface area contributed by atoms with Crippen molar-refractivity contribution in [3.8, 4) is 0 Å². The van der Waals surface area contributed by atoms with Gasteiger partial charge in [-0.25, -0.2) is 9.78 Å². The maximum absolute atomic E-state index is 12.1. The number of thiazole rings is 1. The molecule has 6 nitrogen and oxygen atoms in total. The molecule has 2 heterocycles. The number of methoxy groups -OCH3 is 1. The van der Waals surface area contributed by atoms with Gasteiger partial charge >= 0.3 is 6.09 Å². The molecule has 0 spiro atoms.